The maximum Gasteiger partial charge on any atom is 0.416 e. The molecule has 0 unspecified atom stereocenters. The smallest absolute Gasteiger partial charge is 0.383 e. The van der Waals surface area contributed by atoms with Gasteiger partial charge >= 0.3 is 6.18 Å². The number of rotatable bonds is 2. The van der Waals surface area contributed by atoms with Gasteiger partial charge in [0.2, 0.25) is 0 Å². The van der Waals surface area contributed by atoms with Crippen LogP contribution in [0.2, 0.25) is 0 Å². The SMILES string of the molecule is CC(C)c1c(N)ncnc1-c1ccc(C(F)(F)F)cc1. The molecule has 1 aromatic heterocycles. The van der Waals surface area contributed by atoms with Crippen LogP contribution in [0.4, 0.5) is 19.0 Å². The van der Waals surface area contributed by atoms with Gasteiger partial charge in [0.05, 0.1) is 11.3 Å². The second-order valence-corrected chi connectivity index (χ2v) is 4.75. The van der Waals surface area contributed by atoms with E-state index in [9.17, 15) is 13.2 Å². The molecule has 3 nitrogen and oxygen atoms in total. The van der Waals surface area contributed by atoms with E-state index in [0.29, 0.717) is 17.1 Å². The summed E-state index contributed by atoms with van der Waals surface area (Å²) in [6.45, 7) is 3.87. The molecule has 0 spiro atoms. The summed E-state index contributed by atoms with van der Waals surface area (Å²) in [5, 5.41) is 0. The first-order valence-electron chi connectivity index (χ1n) is 6.08. The Kier molecular flexibility index (Phi) is 3.65. The molecule has 0 amide bonds. The van der Waals surface area contributed by atoms with Gasteiger partial charge in [0.25, 0.3) is 0 Å². The van der Waals surface area contributed by atoms with Gasteiger partial charge in [-0.1, -0.05) is 26.0 Å². The normalized spacial score (nSPS) is 11.9. The van der Waals surface area contributed by atoms with Crippen LogP contribution >= 0.6 is 0 Å². The van der Waals surface area contributed by atoms with Crippen LogP contribution in [-0.2, 0) is 6.18 Å². The summed E-state index contributed by atoms with van der Waals surface area (Å²) in [5.74, 6) is 0.429. The van der Waals surface area contributed by atoms with E-state index in [0.717, 1.165) is 17.7 Å². The number of halogens is 3. The molecule has 0 bridgehead atoms. The van der Waals surface area contributed by atoms with Crippen LogP contribution in [-0.4, -0.2) is 9.97 Å². The predicted octanol–water partition coefficient (Wildman–Crippen LogP) is 3.87. The van der Waals surface area contributed by atoms with Crippen molar-refractivity contribution in [3.8, 4) is 11.3 Å². The van der Waals surface area contributed by atoms with Crippen molar-refractivity contribution in [2.24, 2.45) is 0 Å². The average Bonchev–Trinajstić information content (AvgIpc) is 2.37. The van der Waals surface area contributed by atoms with E-state index >= 15 is 0 Å². The molecule has 2 aromatic rings. The second kappa shape index (κ2) is 5.11. The second-order valence-electron chi connectivity index (χ2n) is 4.75. The average molecular weight is 281 g/mol. The predicted molar refractivity (Wildman–Crippen MR) is 71.0 cm³/mol. The molecule has 20 heavy (non-hydrogen) atoms. The third-order valence-corrected chi connectivity index (χ3v) is 2.98. The summed E-state index contributed by atoms with van der Waals surface area (Å²) in [6, 6.07) is 4.88. The highest BCUT2D eigenvalue weighted by Crippen LogP contribution is 2.33. The van der Waals surface area contributed by atoms with E-state index in [2.05, 4.69) is 9.97 Å². The van der Waals surface area contributed by atoms with E-state index in [1.807, 2.05) is 13.8 Å². The van der Waals surface area contributed by atoms with Gasteiger partial charge in [-0.3, -0.25) is 0 Å². The molecule has 0 aliphatic rings. The van der Waals surface area contributed by atoms with E-state index in [4.69, 9.17) is 5.73 Å². The lowest BCUT2D eigenvalue weighted by Gasteiger charge is -2.14. The lowest BCUT2D eigenvalue weighted by atomic mass is 9.97. The van der Waals surface area contributed by atoms with Gasteiger partial charge < -0.3 is 5.73 Å². The lowest BCUT2D eigenvalue weighted by Crippen LogP contribution is -2.06. The molecular formula is C14H14F3N3. The standard InChI is InChI=1S/C14H14F3N3/c1-8(2)11-12(19-7-20-13(11)18)9-3-5-10(6-4-9)14(15,16)17/h3-8H,1-2H3,(H2,18,19,20). The van der Waals surface area contributed by atoms with Crippen molar-refractivity contribution in [2.75, 3.05) is 5.73 Å². The fourth-order valence-corrected chi connectivity index (χ4v) is 2.03. The Morgan fingerprint density at radius 3 is 2.15 bits per heavy atom. The van der Waals surface area contributed by atoms with Crippen molar-refractivity contribution in [3.63, 3.8) is 0 Å². The number of hydrogen-bond donors (Lipinski definition) is 1. The van der Waals surface area contributed by atoms with Crippen molar-refractivity contribution in [3.05, 3.63) is 41.7 Å². The molecule has 1 aromatic carbocycles. The summed E-state index contributed by atoms with van der Waals surface area (Å²) in [5.41, 5.74) is 7.05. The fourth-order valence-electron chi connectivity index (χ4n) is 2.03. The Morgan fingerprint density at radius 1 is 1.05 bits per heavy atom. The molecule has 106 valence electrons. The van der Waals surface area contributed by atoms with E-state index < -0.39 is 11.7 Å². The van der Waals surface area contributed by atoms with Crippen molar-refractivity contribution in [1.29, 1.82) is 0 Å². The van der Waals surface area contributed by atoms with Crippen molar-refractivity contribution in [2.45, 2.75) is 25.9 Å². The van der Waals surface area contributed by atoms with Crippen molar-refractivity contribution in [1.82, 2.24) is 9.97 Å². The number of alkyl halides is 3. The van der Waals surface area contributed by atoms with Crippen LogP contribution in [0.1, 0.15) is 30.9 Å². The Morgan fingerprint density at radius 2 is 1.65 bits per heavy atom. The first-order valence-corrected chi connectivity index (χ1v) is 6.08. The van der Waals surface area contributed by atoms with E-state index in [-0.39, 0.29) is 5.92 Å². The fraction of sp³-hybridized carbons (Fsp3) is 0.286. The minimum Gasteiger partial charge on any atom is -0.383 e. The molecule has 2 rings (SSSR count). The third kappa shape index (κ3) is 2.74. The zero-order valence-electron chi connectivity index (χ0n) is 11.1. The highest BCUT2D eigenvalue weighted by atomic mass is 19.4. The number of aromatic nitrogens is 2. The summed E-state index contributed by atoms with van der Waals surface area (Å²) in [6.07, 6.45) is -3.03. The van der Waals surface area contributed by atoms with Crippen LogP contribution in [0.5, 0.6) is 0 Å². The maximum atomic E-state index is 12.5. The van der Waals surface area contributed by atoms with Crippen molar-refractivity contribution >= 4 is 5.82 Å². The number of nitrogen functional groups attached to an aromatic ring is 1. The molecule has 1 heterocycles. The Bertz CT molecular complexity index is 604. The quantitative estimate of drug-likeness (QED) is 0.909. The Labute approximate surface area is 114 Å². The highest BCUT2D eigenvalue weighted by Gasteiger charge is 2.30. The molecular weight excluding hydrogens is 267 g/mol. The zero-order valence-corrected chi connectivity index (χ0v) is 11.1. The summed E-state index contributed by atoms with van der Waals surface area (Å²) >= 11 is 0. The van der Waals surface area contributed by atoms with Crippen molar-refractivity contribution < 1.29 is 13.2 Å². The summed E-state index contributed by atoms with van der Waals surface area (Å²) in [4.78, 5) is 8.08. The third-order valence-electron chi connectivity index (χ3n) is 2.98. The van der Waals surface area contributed by atoms with Gasteiger partial charge in [-0.15, -0.1) is 0 Å². The minimum absolute atomic E-state index is 0.0773. The molecule has 0 aliphatic heterocycles. The van der Waals surface area contributed by atoms with Gasteiger partial charge in [-0.2, -0.15) is 13.2 Å². The van der Waals surface area contributed by atoms with Gasteiger partial charge in [-0.05, 0) is 18.1 Å². The molecule has 0 saturated heterocycles. The molecule has 0 saturated carbocycles. The van der Waals surface area contributed by atoms with Gasteiger partial charge in [-0.25, -0.2) is 9.97 Å². The molecule has 2 N–H and O–H groups in total. The van der Waals surface area contributed by atoms with Gasteiger partial charge in [0.15, 0.2) is 0 Å². The van der Waals surface area contributed by atoms with E-state index in [1.54, 1.807) is 0 Å². The van der Waals surface area contributed by atoms with Crippen LogP contribution in [0.3, 0.4) is 0 Å². The van der Waals surface area contributed by atoms with Crippen LogP contribution in [0.25, 0.3) is 11.3 Å². The number of nitrogens with two attached hydrogens (primary N) is 1. The minimum atomic E-state index is -4.34. The highest BCUT2D eigenvalue weighted by molar-refractivity contribution is 5.68. The molecule has 6 heteroatoms. The first-order chi connectivity index (χ1) is 9.30. The van der Waals surface area contributed by atoms with Crippen LogP contribution in [0, 0.1) is 0 Å². The largest absolute Gasteiger partial charge is 0.416 e. The first kappa shape index (κ1) is 14.3. The Hall–Kier alpha value is -2.11. The van der Waals surface area contributed by atoms with E-state index in [1.165, 1.54) is 18.5 Å². The Balaban J connectivity index is 2.50. The lowest BCUT2D eigenvalue weighted by molar-refractivity contribution is -0.137. The monoisotopic (exact) mass is 281 g/mol. The summed E-state index contributed by atoms with van der Waals surface area (Å²) in [7, 11) is 0. The number of nitrogens with zero attached hydrogens (tertiary/aromatic N) is 2. The maximum absolute atomic E-state index is 12.5. The van der Waals surface area contributed by atoms with Gasteiger partial charge in [0.1, 0.15) is 12.1 Å². The molecule has 0 atom stereocenters. The zero-order chi connectivity index (χ0) is 14.9. The number of anilines is 1. The molecule has 0 aliphatic carbocycles. The summed E-state index contributed by atoms with van der Waals surface area (Å²) < 4.78 is 37.6. The molecule has 0 fully saturated rings. The number of hydrogen-bond acceptors (Lipinski definition) is 3. The van der Waals surface area contributed by atoms with Crippen LogP contribution in [0.15, 0.2) is 30.6 Å². The van der Waals surface area contributed by atoms with Crippen LogP contribution < -0.4 is 5.73 Å². The topological polar surface area (TPSA) is 51.8 Å². The van der Waals surface area contributed by atoms with Gasteiger partial charge in [0, 0.05) is 11.1 Å². The molecule has 0 radical (unpaired) electrons. The number of benzene rings is 1.